The second-order valence-corrected chi connectivity index (χ2v) is 9.30. The number of nitrogens with one attached hydrogen (secondary N) is 1. The van der Waals surface area contributed by atoms with Crippen molar-refractivity contribution in [1.82, 2.24) is 15.1 Å². The topological polar surface area (TPSA) is 86.7 Å². The molecule has 3 aromatic rings. The Morgan fingerprint density at radius 2 is 1.85 bits per heavy atom. The molecule has 1 aromatic heterocycles. The Labute approximate surface area is 224 Å². The van der Waals surface area contributed by atoms with Crippen molar-refractivity contribution in [3.63, 3.8) is 0 Å². The minimum Gasteiger partial charge on any atom is -0.496 e. The Morgan fingerprint density at radius 1 is 1.20 bits per heavy atom. The van der Waals surface area contributed by atoms with Crippen LogP contribution in [-0.4, -0.2) is 47.7 Å². The summed E-state index contributed by atoms with van der Waals surface area (Å²) in [6.45, 7) is 3.09. The number of amidine groups is 1. The molecule has 2 atom stereocenters. The van der Waals surface area contributed by atoms with E-state index in [0.717, 1.165) is 35.1 Å². The molecule has 1 fully saturated rings. The first-order valence-corrected chi connectivity index (χ1v) is 11.7. The molecule has 0 spiro atoms. The van der Waals surface area contributed by atoms with Crippen LogP contribution in [0.4, 0.5) is 36.6 Å². The van der Waals surface area contributed by atoms with E-state index in [-0.39, 0.29) is 34.1 Å². The molecule has 0 aliphatic carbocycles. The number of aromatic nitrogens is 2. The highest BCUT2D eigenvalue weighted by Crippen LogP contribution is 2.57. The normalized spacial score (nSPS) is 21.2. The number of halogens is 7. The summed E-state index contributed by atoms with van der Waals surface area (Å²) in [6, 6.07) is 6.03. The average molecular weight is 571 g/mol. The van der Waals surface area contributed by atoms with Crippen LogP contribution < -0.4 is 15.8 Å². The molecule has 14 heteroatoms. The van der Waals surface area contributed by atoms with Crippen LogP contribution in [0.5, 0.6) is 5.75 Å². The molecular weight excluding hydrogens is 547 g/mol. The van der Waals surface area contributed by atoms with Gasteiger partial charge in [0.15, 0.2) is 17.2 Å². The van der Waals surface area contributed by atoms with Crippen molar-refractivity contribution in [2.45, 2.75) is 30.7 Å². The standard InChI is InChI=1S/C26H24F7N5O2/c1-14(17-11-36-38(23(17)37-22(34)10-27)20-6-4-16(29)9-19(20)30)35-13-25(26(31,32)33)12-24(2,40-25)18-8-15(28)5-7-21(18)39-3/h4-9,11,35H,1,10,12-13H2,2-3H3,(H2,34,37). The molecule has 2 unspecified atom stereocenters. The van der Waals surface area contributed by atoms with E-state index in [0.29, 0.717) is 6.07 Å². The van der Waals surface area contributed by atoms with E-state index >= 15 is 0 Å². The fourth-order valence-electron chi connectivity index (χ4n) is 4.57. The van der Waals surface area contributed by atoms with Crippen molar-refractivity contribution < 1.29 is 40.2 Å². The van der Waals surface area contributed by atoms with Crippen molar-refractivity contribution in [2.75, 3.05) is 20.3 Å². The summed E-state index contributed by atoms with van der Waals surface area (Å²) in [5.74, 6) is -3.21. The fraction of sp³-hybridized carbons (Fsp3) is 0.308. The summed E-state index contributed by atoms with van der Waals surface area (Å²) in [4.78, 5) is 3.87. The summed E-state index contributed by atoms with van der Waals surface area (Å²) in [7, 11) is 1.30. The minimum absolute atomic E-state index is 0.0358. The molecule has 0 saturated carbocycles. The number of hydrogen-bond donors (Lipinski definition) is 2. The minimum atomic E-state index is -4.86. The molecule has 1 saturated heterocycles. The van der Waals surface area contributed by atoms with E-state index in [1.54, 1.807) is 0 Å². The van der Waals surface area contributed by atoms with Gasteiger partial charge in [-0.25, -0.2) is 27.2 Å². The Hall–Kier alpha value is -4.07. The van der Waals surface area contributed by atoms with Crippen molar-refractivity contribution in [3.8, 4) is 11.4 Å². The van der Waals surface area contributed by atoms with Gasteiger partial charge in [-0.3, -0.25) is 0 Å². The molecule has 214 valence electrons. The Kier molecular flexibility index (Phi) is 7.58. The zero-order valence-corrected chi connectivity index (χ0v) is 21.3. The van der Waals surface area contributed by atoms with Gasteiger partial charge in [0.1, 0.15) is 35.6 Å². The number of nitrogens with zero attached hydrogens (tertiary/aromatic N) is 3. The van der Waals surface area contributed by atoms with Gasteiger partial charge in [0, 0.05) is 23.7 Å². The van der Waals surface area contributed by atoms with Gasteiger partial charge in [-0.05, 0) is 37.3 Å². The summed E-state index contributed by atoms with van der Waals surface area (Å²) in [5.41, 5.74) is 0.928. The number of benzene rings is 2. The molecule has 0 amide bonds. The second-order valence-electron chi connectivity index (χ2n) is 9.30. The van der Waals surface area contributed by atoms with Crippen LogP contribution in [0.2, 0.25) is 0 Å². The van der Waals surface area contributed by atoms with Gasteiger partial charge in [0.25, 0.3) is 0 Å². The molecule has 4 rings (SSSR count). The van der Waals surface area contributed by atoms with Gasteiger partial charge in [0.2, 0.25) is 0 Å². The summed E-state index contributed by atoms with van der Waals surface area (Å²) in [6.07, 6.45) is -4.35. The first-order valence-electron chi connectivity index (χ1n) is 11.7. The van der Waals surface area contributed by atoms with Crippen LogP contribution in [0.3, 0.4) is 0 Å². The lowest BCUT2D eigenvalue weighted by Gasteiger charge is -2.55. The van der Waals surface area contributed by atoms with E-state index < -0.39 is 60.3 Å². The predicted octanol–water partition coefficient (Wildman–Crippen LogP) is 5.45. The van der Waals surface area contributed by atoms with Gasteiger partial charge < -0.3 is 20.5 Å². The lowest BCUT2D eigenvalue weighted by molar-refractivity contribution is -0.382. The average Bonchev–Trinajstić information content (AvgIpc) is 3.27. The summed E-state index contributed by atoms with van der Waals surface area (Å²) in [5, 5.41) is 6.51. The van der Waals surface area contributed by atoms with Crippen LogP contribution >= 0.6 is 0 Å². The van der Waals surface area contributed by atoms with Crippen LogP contribution in [0.1, 0.15) is 24.5 Å². The van der Waals surface area contributed by atoms with Crippen molar-refractivity contribution in [3.05, 3.63) is 77.8 Å². The van der Waals surface area contributed by atoms with Crippen molar-refractivity contribution >= 4 is 17.4 Å². The van der Waals surface area contributed by atoms with E-state index in [9.17, 15) is 30.7 Å². The molecule has 40 heavy (non-hydrogen) atoms. The van der Waals surface area contributed by atoms with Crippen LogP contribution in [0.25, 0.3) is 11.4 Å². The van der Waals surface area contributed by atoms with Gasteiger partial charge in [-0.15, -0.1) is 0 Å². The molecule has 0 radical (unpaired) electrons. The quantitative estimate of drug-likeness (QED) is 0.203. The maximum Gasteiger partial charge on any atom is 0.419 e. The van der Waals surface area contributed by atoms with Crippen LogP contribution in [0.15, 0.2) is 54.2 Å². The van der Waals surface area contributed by atoms with Crippen molar-refractivity contribution in [2.24, 2.45) is 10.7 Å². The zero-order valence-electron chi connectivity index (χ0n) is 21.3. The largest absolute Gasteiger partial charge is 0.496 e. The fourth-order valence-corrected chi connectivity index (χ4v) is 4.57. The number of hydrogen-bond acceptors (Lipinski definition) is 5. The van der Waals surface area contributed by atoms with Gasteiger partial charge in [-0.1, -0.05) is 6.58 Å². The van der Waals surface area contributed by atoms with Crippen molar-refractivity contribution in [1.29, 1.82) is 0 Å². The molecular formula is C26H24F7N5O2. The number of alkyl halides is 4. The monoisotopic (exact) mass is 571 g/mol. The third-order valence-corrected chi connectivity index (χ3v) is 6.47. The number of methoxy groups -OCH3 is 1. The number of ether oxygens (including phenoxy) is 2. The summed E-state index contributed by atoms with van der Waals surface area (Å²) < 4.78 is 109. The Balaban J connectivity index is 1.63. The third kappa shape index (κ3) is 5.22. The van der Waals surface area contributed by atoms with Gasteiger partial charge in [0.05, 0.1) is 31.0 Å². The number of rotatable bonds is 9. The smallest absolute Gasteiger partial charge is 0.419 e. The van der Waals surface area contributed by atoms with Gasteiger partial charge in [-0.2, -0.15) is 18.3 Å². The molecule has 3 N–H and O–H groups in total. The Morgan fingerprint density at radius 3 is 2.45 bits per heavy atom. The highest BCUT2D eigenvalue weighted by atomic mass is 19.4. The van der Waals surface area contributed by atoms with E-state index in [2.05, 4.69) is 22.0 Å². The first-order chi connectivity index (χ1) is 18.7. The van der Waals surface area contributed by atoms with Crippen LogP contribution in [-0.2, 0) is 10.3 Å². The molecule has 2 aromatic carbocycles. The van der Waals surface area contributed by atoms with E-state index in [1.165, 1.54) is 20.1 Å². The predicted molar refractivity (Wildman–Crippen MR) is 133 cm³/mol. The molecule has 7 nitrogen and oxygen atoms in total. The lowest BCUT2D eigenvalue weighted by atomic mass is 9.75. The van der Waals surface area contributed by atoms with Crippen LogP contribution in [0, 0.1) is 17.5 Å². The number of nitrogens with two attached hydrogens (primary N) is 1. The molecule has 0 bridgehead atoms. The highest BCUT2D eigenvalue weighted by Gasteiger charge is 2.68. The lowest BCUT2D eigenvalue weighted by Crippen LogP contribution is -2.68. The Bertz CT molecular complexity index is 1460. The first kappa shape index (κ1) is 28.9. The molecule has 1 aliphatic rings. The summed E-state index contributed by atoms with van der Waals surface area (Å²) >= 11 is 0. The SMILES string of the molecule is C=C(NCC1(C(F)(F)F)CC(C)(c2cc(F)ccc2OC)O1)c1cnn(-c2ccc(F)cc2F)c1/N=C(\N)CF. The second kappa shape index (κ2) is 10.5. The zero-order chi connectivity index (χ0) is 29.5. The maximum absolute atomic E-state index is 14.5. The van der Waals surface area contributed by atoms with E-state index in [1.807, 2.05) is 0 Å². The molecule has 1 aliphatic heterocycles. The van der Waals surface area contributed by atoms with Gasteiger partial charge >= 0.3 is 6.18 Å². The third-order valence-electron chi connectivity index (χ3n) is 6.47. The molecule has 2 heterocycles. The maximum atomic E-state index is 14.5. The highest BCUT2D eigenvalue weighted by molar-refractivity contribution is 5.86. The van der Waals surface area contributed by atoms with E-state index in [4.69, 9.17) is 15.2 Å². The number of aliphatic imine (C=N–C) groups is 1.